The van der Waals surface area contributed by atoms with Gasteiger partial charge >= 0.3 is 6.03 Å². The highest BCUT2D eigenvalue weighted by Crippen LogP contribution is 2.35. The summed E-state index contributed by atoms with van der Waals surface area (Å²) >= 11 is 0. The third-order valence-corrected chi connectivity index (χ3v) is 7.91. The Morgan fingerprint density at radius 2 is 1.98 bits per heavy atom. The maximum atomic E-state index is 13.7. The Labute approximate surface area is 235 Å². The lowest BCUT2D eigenvalue weighted by Crippen LogP contribution is -2.52. The van der Waals surface area contributed by atoms with Crippen molar-refractivity contribution < 1.29 is 24.2 Å². The molecule has 0 spiro atoms. The summed E-state index contributed by atoms with van der Waals surface area (Å²) in [6.07, 6.45) is 4.92. The summed E-state index contributed by atoms with van der Waals surface area (Å²) in [5.41, 5.74) is 1.71. The van der Waals surface area contributed by atoms with Crippen molar-refractivity contribution in [1.82, 2.24) is 24.9 Å². The minimum atomic E-state index is -0.487. The van der Waals surface area contributed by atoms with Crippen LogP contribution in [0, 0.1) is 12.8 Å². The monoisotopic (exact) mass is 554 g/mol. The number of hydrogen-bond acceptors (Lipinski definition) is 6. The number of para-hydroxylation sites is 1. The van der Waals surface area contributed by atoms with Crippen molar-refractivity contribution in [3.63, 3.8) is 0 Å². The van der Waals surface area contributed by atoms with E-state index in [4.69, 9.17) is 4.74 Å². The van der Waals surface area contributed by atoms with E-state index in [1.54, 1.807) is 62.0 Å². The summed E-state index contributed by atoms with van der Waals surface area (Å²) in [6.45, 7) is 5.99. The molecule has 2 heterocycles. The van der Waals surface area contributed by atoms with Gasteiger partial charge in [0.15, 0.2) is 5.75 Å². The van der Waals surface area contributed by atoms with Gasteiger partial charge < -0.3 is 30.3 Å². The van der Waals surface area contributed by atoms with Gasteiger partial charge in [0.25, 0.3) is 11.8 Å². The van der Waals surface area contributed by atoms with Gasteiger partial charge in [-0.1, -0.05) is 32.3 Å². The normalized spacial score (nSPS) is 20.6. The number of aliphatic hydroxyl groups excluding tert-OH is 1. The van der Waals surface area contributed by atoms with Crippen molar-refractivity contribution in [1.29, 1.82) is 0 Å². The molecule has 2 aliphatic rings. The highest BCUT2D eigenvalue weighted by atomic mass is 16.5. The van der Waals surface area contributed by atoms with Crippen LogP contribution in [0.25, 0.3) is 0 Å². The fourth-order valence-electron chi connectivity index (χ4n) is 5.45. The largest absolute Gasteiger partial charge is 0.485 e. The van der Waals surface area contributed by atoms with Crippen molar-refractivity contribution in [2.45, 2.75) is 71.1 Å². The number of hydrogen-bond donors (Lipinski definition) is 3. The first-order valence-electron chi connectivity index (χ1n) is 14.1. The van der Waals surface area contributed by atoms with Crippen LogP contribution in [0.15, 0.2) is 24.3 Å². The number of nitrogens with zero attached hydrogens (tertiary/aromatic N) is 4. The van der Waals surface area contributed by atoms with E-state index in [1.807, 2.05) is 6.92 Å². The average molecular weight is 555 g/mol. The zero-order chi connectivity index (χ0) is 29.0. The van der Waals surface area contributed by atoms with Gasteiger partial charge in [0, 0.05) is 32.6 Å². The van der Waals surface area contributed by atoms with Crippen molar-refractivity contribution in [2.75, 3.05) is 32.1 Å². The Morgan fingerprint density at radius 1 is 1.25 bits per heavy atom. The van der Waals surface area contributed by atoms with Gasteiger partial charge in [0.2, 0.25) is 0 Å². The Hall–Kier alpha value is -3.60. The number of aryl methyl sites for hydroxylation is 2. The number of fused-ring (bicyclic) bond motifs is 1. The maximum Gasteiger partial charge on any atom is 0.317 e. The lowest BCUT2D eigenvalue weighted by molar-refractivity contribution is 0.0367. The molecule has 218 valence electrons. The van der Waals surface area contributed by atoms with E-state index >= 15 is 0 Å². The van der Waals surface area contributed by atoms with Crippen LogP contribution in [0.2, 0.25) is 0 Å². The minimum Gasteiger partial charge on any atom is -0.485 e. The van der Waals surface area contributed by atoms with Crippen LogP contribution in [-0.4, -0.2) is 87.5 Å². The van der Waals surface area contributed by atoms with Gasteiger partial charge in [-0.05, 0) is 44.9 Å². The number of urea groups is 1. The molecule has 0 bridgehead atoms. The van der Waals surface area contributed by atoms with Crippen molar-refractivity contribution in [2.24, 2.45) is 13.0 Å². The molecule has 0 unspecified atom stereocenters. The molecule has 11 nitrogen and oxygen atoms in total. The molecule has 1 aromatic carbocycles. The van der Waals surface area contributed by atoms with Crippen LogP contribution in [0.5, 0.6) is 5.75 Å². The molecule has 3 N–H and O–H groups in total. The fraction of sp³-hybridized carbons (Fsp3) is 0.586. The number of anilines is 1. The molecule has 40 heavy (non-hydrogen) atoms. The number of nitrogens with one attached hydrogen (secondary N) is 2. The number of rotatable bonds is 7. The summed E-state index contributed by atoms with van der Waals surface area (Å²) in [7, 11) is 3.43. The lowest BCUT2D eigenvalue weighted by atomic mass is 9.96. The number of amides is 4. The third kappa shape index (κ3) is 6.57. The summed E-state index contributed by atoms with van der Waals surface area (Å²) in [4.78, 5) is 43.2. The summed E-state index contributed by atoms with van der Waals surface area (Å²) in [6, 6.07) is 6.32. The Bertz CT molecular complexity index is 1220. The van der Waals surface area contributed by atoms with E-state index in [2.05, 4.69) is 15.7 Å². The zero-order valence-electron chi connectivity index (χ0n) is 24.1. The number of carbonyl (C=O) groups excluding carboxylic acids is 3. The second-order valence-corrected chi connectivity index (χ2v) is 11.2. The molecular formula is C29H42N6O5. The van der Waals surface area contributed by atoms with E-state index in [0.29, 0.717) is 23.6 Å². The molecule has 0 radical (unpaired) electrons. The van der Waals surface area contributed by atoms with E-state index in [1.165, 1.54) is 11.1 Å². The first kappa shape index (κ1) is 29.4. The standard InChI is InChI=1S/C29H42N6O5/c1-18-15-35(20(3)17-36)28(38)22-12-9-13-23(31-27(37)24-14-19(2)32-34(24)5)26(22)40-25(18)16-33(4)29(39)30-21-10-7-6-8-11-21/h9,12-14,18,20-21,25,36H,6-8,10-11,15-17H2,1-5H3,(H,30,39)(H,31,37)/t18-,20+,25+/m1/s1. The lowest BCUT2D eigenvalue weighted by Gasteiger charge is -2.38. The molecule has 1 saturated carbocycles. The summed E-state index contributed by atoms with van der Waals surface area (Å²) in [5.74, 6) is -0.617. The van der Waals surface area contributed by atoms with Crippen LogP contribution < -0.4 is 15.4 Å². The molecule has 11 heteroatoms. The molecule has 0 saturated heterocycles. The first-order valence-corrected chi connectivity index (χ1v) is 14.1. The van der Waals surface area contributed by atoms with Crippen molar-refractivity contribution in [3.8, 4) is 5.75 Å². The molecule has 4 rings (SSSR count). The molecule has 1 aliphatic heterocycles. The Morgan fingerprint density at radius 3 is 2.62 bits per heavy atom. The maximum absolute atomic E-state index is 13.7. The van der Waals surface area contributed by atoms with E-state index in [-0.39, 0.29) is 54.3 Å². The number of likely N-dealkylation sites (N-methyl/N-ethyl adjacent to an activating group) is 1. The zero-order valence-corrected chi connectivity index (χ0v) is 24.1. The predicted octanol–water partition coefficient (Wildman–Crippen LogP) is 3.18. The molecule has 4 amide bonds. The van der Waals surface area contributed by atoms with Gasteiger partial charge in [-0.3, -0.25) is 14.3 Å². The van der Waals surface area contributed by atoms with Crippen LogP contribution in [0.4, 0.5) is 10.5 Å². The van der Waals surface area contributed by atoms with Crippen LogP contribution in [-0.2, 0) is 7.05 Å². The molecule has 1 aromatic heterocycles. The number of benzene rings is 1. The smallest absolute Gasteiger partial charge is 0.317 e. The van der Waals surface area contributed by atoms with Crippen molar-refractivity contribution in [3.05, 3.63) is 41.2 Å². The molecular weight excluding hydrogens is 512 g/mol. The molecule has 2 aromatic rings. The topological polar surface area (TPSA) is 129 Å². The second-order valence-electron chi connectivity index (χ2n) is 11.2. The summed E-state index contributed by atoms with van der Waals surface area (Å²) < 4.78 is 8.03. The summed E-state index contributed by atoms with van der Waals surface area (Å²) in [5, 5.41) is 20.2. The van der Waals surface area contributed by atoms with Gasteiger partial charge in [0.05, 0.1) is 36.1 Å². The SMILES string of the molecule is Cc1cc(C(=O)Nc2cccc3c2O[C@@H](CN(C)C(=O)NC2CCCCC2)[C@H](C)CN([C@@H](C)CO)C3=O)n(C)n1. The first-order chi connectivity index (χ1) is 19.1. The van der Waals surface area contributed by atoms with Crippen LogP contribution >= 0.6 is 0 Å². The second kappa shape index (κ2) is 12.7. The van der Waals surface area contributed by atoms with E-state index in [0.717, 1.165) is 25.7 Å². The number of carbonyl (C=O) groups is 3. The third-order valence-electron chi connectivity index (χ3n) is 7.91. The van der Waals surface area contributed by atoms with Gasteiger partial charge in [-0.15, -0.1) is 0 Å². The van der Waals surface area contributed by atoms with Crippen molar-refractivity contribution >= 4 is 23.5 Å². The molecule has 1 aliphatic carbocycles. The van der Waals surface area contributed by atoms with Crippen LogP contribution in [0.3, 0.4) is 0 Å². The number of ether oxygens (including phenoxy) is 1. The van der Waals surface area contributed by atoms with Crippen LogP contribution in [0.1, 0.15) is 72.5 Å². The predicted molar refractivity (Wildman–Crippen MR) is 152 cm³/mol. The molecule has 1 fully saturated rings. The average Bonchev–Trinajstić information content (AvgIpc) is 3.28. The Kier molecular flexibility index (Phi) is 9.34. The van der Waals surface area contributed by atoms with Gasteiger partial charge in [-0.2, -0.15) is 5.10 Å². The van der Waals surface area contributed by atoms with Gasteiger partial charge in [0.1, 0.15) is 11.8 Å². The number of aromatic nitrogens is 2. The minimum absolute atomic E-state index is 0.158. The fourth-order valence-corrected chi connectivity index (χ4v) is 5.45. The van der Waals surface area contributed by atoms with E-state index in [9.17, 15) is 19.5 Å². The van der Waals surface area contributed by atoms with Gasteiger partial charge in [-0.25, -0.2) is 4.79 Å². The quantitative estimate of drug-likeness (QED) is 0.482. The highest BCUT2D eigenvalue weighted by Gasteiger charge is 2.35. The Balaban J connectivity index is 1.63. The highest BCUT2D eigenvalue weighted by molar-refractivity contribution is 6.06. The van der Waals surface area contributed by atoms with E-state index < -0.39 is 12.1 Å². The number of aliphatic hydroxyl groups is 1. The molecule has 3 atom stereocenters.